The summed E-state index contributed by atoms with van der Waals surface area (Å²) >= 11 is 1.60. The number of hydrogen-bond donors (Lipinski definition) is 3. The van der Waals surface area contributed by atoms with Crippen molar-refractivity contribution >= 4 is 29.1 Å². The van der Waals surface area contributed by atoms with E-state index in [1.807, 2.05) is 57.5 Å². The number of nitrogens with zero attached hydrogens (tertiary/aromatic N) is 2. The van der Waals surface area contributed by atoms with Gasteiger partial charge in [-0.2, -0.15) is 0 Å². The van der Waals surface area contributed by atoms with Crippen molar-refractivity contribution in [1.29, 1.82) is 0 Å². The fourth-order valence-corrected chi connectivity index (χ4v) is 5.26. The third-order valence-electron chi connectivity index (χ3n) is 6.55. The zero-order chi connectivity index (χ0) is 28.4. The number of carbonyl (C=O) groups excluding carboxylic acids is 3. The average molecular weight is 560 g/mol. The fourth-order valence-electron chi connectivity index (χ4n) is 4.45. The van der Waals surface area contributed by atoms with E-state index >= 15 is 0 Å². The molecule has 2 atom stereocenters. The van der Waals surface area contributed by atoms with Crippen molar-refractivity contribution in [2.75, 3.05) is 39.5 Å². The van der Waals surface area contributed by atoms with Gasteiger partial charge in [0.15, 0.2) is 0 Å². The summed E-state index contributed by atoms with van der Waals surface area (Å²) in [6.45, 7) is 9.75. The third-order valence-corrected chi connectivity index (χ3v) is 7.53. The number of likely N-dealkylation sites (tertiary alicyclic amines) is 1. The molecule has 2 heterocycles. The normalized spacial score (nSPS) is 16.2. The predicted molar refractivity (Wildman–Crippen MR) is 151 cm³/mol. The summed E-state index contributed by atoms with van der Waals surface area (Å²) < 4.78 is 10.6. The van der Waals surface area contributed by atoms with Crippen molar-refractivity contribution in [2.45, 2.75) is 59.2 Å². The van der Waals surface area contributed by atoms with Crippen molar-refractivity contribution in [3.63, 3.8) is 0 Å². The summed E-state index contributed by atoms with van der Waals surface area (Å²) in [4.78, 5) is 46.3. The molecule has 0 spiro atoms. The van der Waals surface area contributed by atoms with E-state index in [4.69, 9.17) is 15.2 Å². The number of nitrogens with two attached hydrogens (primary N) is 1. The van der Waals surface area contributed by atoms with Crippen LogP contribution in [0.2, 0.25) is 0 Å². The lowest BCUT2D eigenvalue weighted by atomic mass is 9.85. The molecule has 1 aliphatic heterocycles. The van der Waals surface area contributed by atoms with Crippen LogP contribution in [0.1, 0.15) is 44.9 Å². The Balaban J connectivity index is 1.55. The number of carbonyl (C=O) groups is 3. The summed E-state index contributed by atoms with van der Waals surface area (Å²) in [5.41, 5.74) is 9.71. The predicted octanol–water partition coefficient (Wildman–Crippen LogP) is 2.25. The van der Waals surface area contributed by atoms with Gasteiger partial charge in [-0.25, -0.2) is 4.98 Å². The maximum absolute atomic E-state index is 13.6. The van der Waals surface area contributed by atoms with E-state index in [1.54, 1.807) is 16.2 Å². The summed E-state index contributed by atoms with van der Waals surface area (Å²) in [6.07, 6.45) is 1.31. The molecule has 1 saturated heterocycles. The van der Waals surface area contributed by atoms with Crippen molar-refractivity contribution < 1.29 is 23.9 Å². The number of amides is 3. The van der Waals surface area contributed by atoms with Crippen LogP contribution in [0.4, 0.5) is 0 Å². The molecule has 3 rings (SSSR count). The molecular weight excluding hydrogens is 518 g/mol. The lowest BCUT2D eigenvalue weighted by molar-refractivity contribution is -0.144. The number of aryl methyl sites for hydroxylation is 1. The van der Waals surface area contributed by atoms with Gasteiger partial charge in [0.05, 0.1) is 35.9 Å². The highest BCUT2D eigenvalue weighted by Gasteiger charge is 2.41. The molecule has 2 aromatic rings. The van der Waals surface area contributed by atoms with Crippen LogP contribution in [0.15, 0.2) is 29.8 Å². The van der Waals surface area contributed by atoms with E-state index in [9.17, 15) is 14.4 Å². The third kappa shape index (κ3) is 8.82. The monoisotopic (exact) mass is 559 g/mol. The number of thiazole rings is 1. The van der Waals surface area contributed by atoms with Gasteiger partial charge in [0.2, 0.25) is 17.7 Å². The first-order chi connectivity index (χ1) is 18.6. The molecule has 10 nitrogen and oxygen atoms in total. The second kappa shape index (κ2) is 14.5. The average Bonchev–Trinajstić information content (AvgIpc) is 3.56. The molecule has 214 valence electrons. The Hall–Kier alpha value is -2.86. The molecule has 1 aromatic heterocycles. The lowest BCUT2D eigenvalue weighted by Gasteiger charge is -2.35. The molecule has 3 amide bonds. The minimum Gasteiger partial charge on any atom is -0.378 e. The molecule has 11 heteroatoms. The molecule has 0 saturated carbocycles. The molecule has 39 heavy (non-hydrogen) atoms. The summed E-state index contributed by atoms with van der Waals surface area (Å²) in [6, 6.07) is 6.67. The molecule has 1 fully saturated rings. The van der Waals surface area contributed by atoms with Gasteiger partial charge in [0, 0.05) is 19.6 Å². The topological polar surface area (TPSA) is 136 Å². The molecule has 0 aliphatic carbocycles. The summed E-state index contributed by atoms with van der Waals surface area (Å²) in [5.74, 6) is -0.841. The number of nitrogens with one attached hydrogen (secondary N) is 2. The van der Waals surface area contributed by atoms with E-state index in [0.29, 0.717) is 39.3 Å². The highest BCUT2D eigenvalue weighted by atomic mass is 32.1. The number of ether oxygens (including phenoxy) is 2. The van der Waals surface area contributed by atoms with Crippen molar-refractivity contribution in [2.24, 2.45) is 11.1 Å². The zero-order valence-corrected chi connectivity index (χ0v) is 24.1. The Morgan fingerprint density at radius 3 is 2.51 bits per heavy atom. The number of hydrogen-bond acceptors (Lipinski definition) is 8. The lowest BCUT2D eigenvalue weighted by Crippen LogP contribution is -2.58. The number of benzene rings is 1. The van der Waals surface area contributed by atoms with Crippen LogP contribution >= 0.6 is 11.3 Å². The van der Waals surface area contributed by atoms with Crippen molar-refractivity contribution in [3.8, 4) is 10.4 Å². The first-order valence-electron chi connectivity index (χ1n) is 13.3. The number of aromatic nitrogens is 1. The van der Waals surface area contributed by atoms with Gasteiger partial charge in [-0.15, -0.1) is 11.3 Å². The summed E-state index contributed by atoms with van der Waals surface area (Å²) in [5, 5.41) is 5.81. The fraction of sp³-hybridized carbons (Fsp3) is 0.571. The van der Waals surface area contributed by atoms with Gasteiger partial charge in [-0.1, -0.05) is 45.0 Å². The molecule has 0 unspecified atom stereocenters. The maximum Gasteiger partial charge on any atom is 0.246 e. The van der Waals surface area contributed by atoms with Crippen LogP contribution in [-0.2, 0) is 30.4 Å². The van der Waals surface area contributed by atoms with Gasteiger partial charge in [-0.05, 0) is 36.3 Å². The smallest absolute Gasteiger partial charge is 0.246 e. The Kier molecular flexibility index (Phi) is 11.4. The van der Waals surface area contributed by atoms with E-state index in [2.05, 4.69) is 15.6 Å². The van der Waals surface area contributed by atoms with E-state index < -0.39 is 17.5 Å². The van der Waals surface area contributed by atoms with Crippen molar-refractivity contribution in [3.05, 3.63) is 41.0 Å². The molecule has 4 N–H and O–H groups in total. The zero-order valence-electron chi connectivity index (χ0n) is 23.3. The van der Waals surface area contributed by atoms with Gasteiger partial charge < -0.3 is 30.7 Å². The second-order valence-electron chi connectivity index (χ2n) is 10.7. The minimum atomic E-state index is -0.793. The SMILES string of the molecule is Cc1ncsc1-c1ccc(CNC(=O)[C@@H]2CCCN2C(=O)[C@@H](NC(=O)COCCOCCN)C(C)(C)C)cc1. The number of rotatable bonds is 13. The Morgan fingerprint density at radius 1 is 1.15 bits per heavy atom. The molecule has 1 aromatic carbocycles. The van der Waals surface area contributed by atoms with Gasteiger partial charge >= 0.3 is 0 Å². The molecule has 0 radical (unpaired) electrons. The van der Waals surface area contributed by atoms with Crippen LogP contribution in [0.3, 0.4) is 0 Å². The Labute approximate surface area is 234 Å². The first-order valence-corrected chi connectivity index (χ1v) is 14.2. The Morgan fingerprint density at radius 2 is 1.87 bits per heavy atom. The van der Waals surface area contributed by atoms with E-state index in [-0.39, 0.29) is 30.9 Å². The van der Waals surface area contributed by atoms with Crippen LogP contribution in [0, 0.1) is 12.3 Å². The highest BCUT2D eigenvalue weighted by molar-refractivity contribution is 7.13. The largest absolute Gasteiger partial charge is 0.378 e. The first kappa shape index (κ1) is 30.7. The van der Waals surface area contributed by atoms with Gasteiger partial charge in [0.25, 0.3) is 0 Å². The second-order valence-corrected chi connectivity index (χ2v) is 11.5. The van der Waals surface area contributed by atoms with Crippen LogP contribution in [0.5, 0.6) is 0 Å². The quantitative estimate of drug-likeness (QED) is 0.320. The Bertz CT molecular complexity index is 1100. The van der Waals surface area contributed by atoms with Crippen molar-refractivity contribution in [1.82, 2.24) is 20.5 Å². The minimum absolute atomic E-state index is 0.183. The van der Waals surface area contributed by atoms with Crippen LogP contribution in [0.25, 0.3) is 10.4 Å². The van der Waals surface area contributed by atoms with E-state index in [0.717, 1.165) is 28.1 Å². The highest BCUT2D eigenvalue weighted by Crippen LogP contribution is 2.28. The summed E-state index contributed by atoms with van der Waals surface area (Å²) in [7, 11) is 0. The van der Waals surface area contributed by atoms with Crippen LogP contribution < -0.4 is 16.4 Å². The molecule has 0 bridgehead atoms. The maximum atomic E-state index is 13.6. The van der Waals surface area contributed by atoms with Crippen LogP contribution in [-0.4, -0.2) is 79.2 Å². The van der Waals surface area contributed by atoms with Gasteiger partial charge in [-0.3, -0.25) is 14.4 Å². The van der Waals surface area contributed by atoms with E-state index in [1.165, 1.54) is 0 Å². The molecular formula is C28H41N5O5S. The van der Waals surface area contributed by atoms with Gasteiger partial charge in [0.1, 0.15) is 18.7 Å². The molecule has 1 aliphatic rings. The standard InChI is InChI=1S/C28H41N5O5S/c1-19-24(39-18-31-19)21-9-7-20(8-10-21)16-30-26(35)22-6-5-12-33(22)27(36)25(28(2,3)4)32-23(34)17-38-15-14-37-13-11-29/h7-10,18,22,25H,5-6,11-17,29H2,1-4H3,(H,30,35)(H,32,34)/t22-,25+/m0/s1.